The second-order valence-corrected chi connectivity index (χ2v) is 3.10. The number of hydrogen-bond donors (Lipinski definition) is 2. The second-order valence-electron chi connectivity index (χ2n) is 3.10. The first-order valence-corrected chi connectivity index (χ1v) is 4.28. The van der Waals surface area contributed by atoms with E-state index in [1.807, 2.05) is 0 Å². The normalized spacial score (nSPS) is 32.2. The van der Waals surface area contributed by atoms with Crippen LogP contribution in [0.25, 0.3) is 0 Å². The van der Waals surface area contributed by atoms with Gasteiger partial charge in [0.05, 0.1) is 19.3 Å². The predicted octanol–water partition coefficient (Wildman–Crippen LogP) is 0.136. The first-order chi connectivity index (χ1) is 5.33. The highest BCUT2D eigenvalue weighted by molar-refractivity contribution is 4.74. The standard InChI is InChI=1S/C8H17NO2/c1-7-2-3-8(6-9-7)11-5-4-10/h7-10H,2-6H2,1H3. The summed E-state index contributed by atoms with van der Waals surface area (Å²) in [6, 6.07) is 0.629. The summed E-state index contributed by atoms with van der Waals surface area (Å²) in [6.07, 6.45) is 2.61. The summed E-state index contributed by atoms with van der Waals surface area (Å²) in [5, 5.41) is 11.8. The minimum absolute atomic E-state index is 0.131. The van der Waals surface area contributed by atoms with Crippen LogP contribution in [0.5, 0.6) is 0 Å². The van der Waals surface area contributed by atoms with Gasteiger partial charge in [-0.25, -0.2) is 0 Å². The number of ether oxygens (including phenoxy) is 1. The van der Waals surface area contributed by atoms with E-state index in [2.05, 4.69) is 12.2 Å². The quantitative estimate of drug-likeness (QED) is 0.615. The number of piperidine rings is 1. The Morgan fingerprint density at radius 1 is 1.55 bits per heavy atom. The van der Waals surface area contributed by atoms with Crippen molar-refractivity contribution in [2.45, 2.75) is 31.9 Å². The zero-order valence-electron chi connectivity index (χ0n) is 7.05. The fourth-order valence-electron chi connectivity index (χ4n) is 1.33. The maximum atomic E-state index is 8.50. The van der Waals surface area contributed by atoms with Gasteiger partial charge in [0.2, 0.25) is 0 Å². The minimum atomic E-state index is 0.131. The van der Waals surface area contributed by atoms with Gasteiger partial charge in [-0.2, -0.15) is 0 Å². The van der Waals surface area contributed by atoms with Gasteiger partial charge in [-0.1, -0.05) is 0 Å². The first kappa shape index (κ1) is 8.97. The summed E-state index contributed by atoms with van der Waals surface area (Å²) in [4.78, 5) is 0. The van der Waals surface area contributed by atoms with E-state index in [0.29, 0.717) is 18.8 Å². The number of nitrogens with one attached hydrogen (secondary N) is 1. The fraction of sp³-hybridized carbons (Fsp3) is 1.00. The van der Waals surface area contributed by atoms with Crippen LogP contribution >= 0.6 is 0 Å². The third-order valence-electron chi connectivity index (χ3n) is 2.06. The molecule has 0 radical (unpaired) electrons. The fourth-order valence-corrected chi connectivity index (χ4v) is 1.33. The third kappa shape index (κ3) is 3.18. The van der Waals surface area contributed by atoms with Crippen LogP contribution in [0.3, 0.4) is 0 Å². The molecule has 1 heterocycles. The highest BCUT2D eigenvalue weighted by atomic mass is 16.5. The zero-order chi connectivity index (χ0) is 8.10. The molecule has 0 saturated carbocycles. The van der Waals surface area contributed by atoms with Crippen molar-refractivity contribution in [2.24, 2.45) is 0 Å². The molecule has 0 bridgehead atoms. The number of hydrogen-bond acceptors (Lipinski definition) is 3. The Morgan fingerprint density at radius 3 is 2.91 bits per heavy atom. The Morgan fingerprint density at radius 2 is 2.36 bits per heavy atom. The van der Waals surface area contributed by atoms with Crippen LogP contribution in [0.2, 0.25) is 0 Å². The van der Waals surface area contributed by atoms with E-state index in [1.165, 1.54) is 6.42 Å². The highest BCUT2D eigenvalue weighted by Gasteiger charge is 2.16. The molecule has 2 unspecified atom stereocenters. The molecule has 1 fully saturated rings. The van der Waals surface area contributed by atoms with E-state index >= 15 is 0 Å². The highest BCUT2D eigenvalue weighted by Crippen LogP contribution is 2.09. The van der Waals surface area contributed by atoms with Crippen LogP contribution in [-0.4, -0.2) is 37.0 Å². The van der Waals surface area contributed by atoms with Crippen molar-refractivity contribution in [1.29, 1.82) is 0 Å². The average Bonchev–Trinajstić information content (AvgIpc) is 2.04. The molecule has 1 saturated heterocycles. The molecule has 66 valence electrons. The van der Waals surface area contributed by atoms with Gasteiger partial charge in [-0.3, -0.25) is 0 Å². The van der Waals surface area contributed by atoms with Crippen LogP contribution in [-0.2, 0) is 4.74 Å². The summed E-state index contributed by atoms with van der Waals surface area (Å²) < 4.78 is 5.37. The monoisotopic (exact) mass is 159 g/mol. The van der Waals surface area contributed by atoms with Gasteiger partial charge in [0.25, 0.3) is 0 Å². The molecule has 1 aliphatic heterocycles. The van der Waals surface area contributed by atoms with Crippen molar-refractivity contribution in [3.05, 3.63) is 0 Å². The maximum Gasteiger partial charge on any atom is 0.0702 e. The lowest BCUT2D eigenvalue weighted by molar-refractivity contribution is 0.0112. The van der Waals surface area contributed by atoms with Crippen LogP contribution in [0, 0.1) is 0 Å². The third-order valence-corrected chi connectivity index (χ3v) is 2.06. The molecule has 2 atom stereocenters. The van der Waals surface area contributed by atoms with E-state index in [-0.39, 0.29) is 6.61 Å². The van der Waals surface area contributed by atoms with Crippen molar-refractivity contribution < 1.29 is 9.84 Å². The van der Waals surface area contributed by atoms with Gasteiger partial charge in [0.1, 0.15) is 0 Å². The molecule has 1 aliphatic rings. The largest absolute Gasteiger partial charge is 0.394 e. The molecule has 3 nitrogen and oxygen atoms in total. The molecule has 0 aromatic heterocycles. The molecule has 11 heavy (non-hydrogen) atoms. The molecule has 0 aromatic carbocycles. The van der Waals surface area contributed by atoms with E-state index in [4.69, 9.17) is 9.84 Å². The van der Waals surface area contributed by atoms with Crippen LogP contribution in [0.15, 0.2) is 0 Å². The summed E-state index contributed by atoms with van der Waals surface area (Å²) in [7, 11) is 0. The van der Waals surface area contributed by atoms with E-state index in [0.717, 1.165) is 13.0 Å². The molecule has 0 amide bonds. The molecule has 3 heteroatoms. The lowest BCUT2D eigenvalue weighted by Crippen LogP contribution is -2.41. The molecule has 0 aromatic rings. The van der Waals surface area contributed by atoms with Crippen LogP contribution in [0.4, 0.5) is 0 Å². The topological polar surface area (TPSA) is 41.5 Å². The molecule has 0 spiro atoms. The van der Waals surface area contributed by atoms with Crippen molar-refractivity contribution in [3.8, 4) is 0 Å². The van der Waals surface area contributed by atoms with Gasteiger partial charge in [-0.15, -0.1) is 0 Å². The van der Waals surface area contributed by atoms with Gasteiger partial charge < -0.3 is 15.2 Å². The Hall–Kier alpha value is -0.120. The van der Waals surface area contributed by atoms with E-state index < -0.39 is 0 Å². The summed E-state index contributed by atoms with van der Waals surface area (Å²) in [5.41, 5.74) is 0. The maximum absolute atomic E-state index is 8.50. The van der Waals surface area contributed by atoms with Crippen LogP contribution in [0.1, 0.15) is 19.8 Å². The van der Waals surface area contributed by atoms with E-state index in [9.17, 15) is 0 Å². The van der Waals surface area contributed by atoms with Crippen molar-refractivity contribution in [1.82, 2.24) is 5.32 Å². The second kappa shape index (κ2) is 4.70. The summed E-state index contributed by atoms with van der Waals surface area (Å²) in [5.74, 6) is 0. The minimum Gasteiger partial charge on any atom is -0.394 e. The Bertz CT molecular complexity index is 97.5. The molecular formula is C8H17NO2. The van der Waals surface area contributed by atoms with Gasteiger partial charge in [-0.05, 0) is 19.8 Å². The van der Waals surface area contributed by atoms with Gasteiger partial charge in [0.15, 0.2) is 0 Å². The van der Waals surface area contributed by atoms with E-state index in [1.54, 1.807) is 0 Å². The Balaban J connectivity index is 2.07. The Labute approximate surface area is 67.7 Å². The first-order valence-electron chi connectivity index (χ1n) is 4.28. The number of aliphatic hydroxyl groups excluding tert-OH is 1. The van der Waals surface area contributed by atoms with Crippen molar-refractivity contribution in [3.63, 3.8) is 0 Å². The number of rotatable bonds is 3. The summed E-state index contributed by atoms with van der Waals surface area (Å²) >= 11 is 0. The zero-order valence-corrected chi connectivity index (χ0v) is 7.05. The molecule has 2 N–H and O–H groups in total. The number of aliphatic hydroxyl groups is 1. The van der Waals surface area contributed by atoms with Crippen LogP contribution < -0.4 is 5.32 Å². The lowest BCUT2D eigenvalue weighted by Gasteiger charge is -2.27. The van der Waals surface area contributed by atoms with Gasteiger partial charge >= 0.3 is 0 Å². The Kier molecular flexibility index (Phi) is 3.83. The average molecular weight is 159 g/mol. The SMILES string of the molecule is CC1CCC(OCCO)CN1. The predicted molar refractivity (Wildman–Crippen MR) is 43.5 cm³/mol. The molecular weight excluding hydrogens is 142 g/mol. The molecule has 1 rings (SSSR count). The van der Waals surface area contributed by atoms with Crippen molar-refractivity contribution >= 4 is 0 Å². The van der Waals surface area contributed by atoms with Gasteiger partial charge in [0, 0.05) is 12.6 Å². The smallest absolute Gasteiger partial charge is 0.0702 e. The molecule has 0 aliphatic carbocycles. The lowest BCUT2D eigenvalue weighted by atomic mass is 10.0. The van der Waals surface area contributed by atoms with Crippen molar-refractivity contribution in [2.75, 3.05) is 19.8 Å². The summed E-state index contributed by atoms with van der Waals surface area (Å²) in [6.45, 7) is 3.72.